The number of ether oxygens (including phenoxy) is 1. The van der Waals surface area contributed by atoms with Gasteiger partial charge in [-0.1, -0.05) is 0 Å². The highest BCUT2D eigenvalue weighted by Crippen LogP contribution is 2.34. The van der Waals surface area contributed by atoms with Crippen molar-refractivity contribution in [2.75, 3.05) is 40.8 Å². The van der Waals surface area contributed by atoms with Crippen LogP contribution >= 0.6 is 31.9 Å². The van der Waals surface area contributed by atoms with E-state index >= 15 is 0 Å². The van der Waals surface area contributed by atoms with Gasteiger partial charge in [0.15, 0.2) is 0 Å². The molecule has 19 heavy (non-hydrogen) atoms. The number of likely N-dealkylation sites (N-methyl/N-ethyl adjacent to an activating group) is 1. The number of quaternary nitrogens is 2. The van der Waals surface area contributed by atoms with Gasteiger partial charge in [0.2, 0.25) is 0 Å². The smallest absolute Gasteiger partial charge is 0.147 e. The lowest BCUT2D eigenvalue weighted by Crippen LogP contribution is -3.05. The third kappa shape index (κ3) is 6.25. The average molecular weight is 396 g/mol. The fourth-order valence-electron chi connectivity index (χ4n) is 1.75. The van der Waals surface area contributed by atoms with Crippen LogP contribution < -0.4 is 15.0 Å². The molecule has 0 amide bonds. The maximum atomic E-state index is 5.83. The molecule has 0 spiro atoms. The second kappa shape index (κ2) is 8.95. The average Bonchev–Trinajstić information content (AvgIpc) is 2.34. The van der Waals surface area contributed by atoms with Gasteiger partial charge < -0.3 is 15.0 Å². The topological polar surface area (TPSA) is 30.3 Å². The fraction of sp³-hybridized carbons (Fsp3) is 0.571. The molecule has 5 heteroatoms. The summed E-state index contributed by atoms with van der Waals surface area (Å²) >= 11 is 7.21. The molecule has 1 aromatic rings. The number of halogens is 2. The molecule has 0 aliphatic carbocycles. The summed E-state index contributed by atoms with van der Waals surface area (Å²) in [4.78, 5) is 1.46. The second-order valence-electron chi connectivity index (χ2n) is 4.99. The molecule has 108 valence electrons. The first-order valence-electron chi connectivity index (χ1n) is 6.72. The molecular formula is C14H24Br2N2O+2. The Labute approximate surface area is 133 Å². The summed E-state index contributed by atoms with van der Waals surface area (Å²) in [5, 5.41) is 2.17. The molecule has 0 aliphatic heterocycles. The summed E-state index contributed by atoms with van der Waals surface area (Å²) in [5.41, 5.74) is 1.33. The van der Waals surface area contributed by atoms with Crippen LogP contribution in [-0.2, 0) is 6.42 Å². The zero-order chi connectivity index (χ0) is 14.3. The molecule has 3 nitrogen and oxygen atoms in total. The van der Waals surface area contributed by atoms with Gasteiger partial charge in [0.25, 0.3) is 0 Å². The molecule has 0 atom stereocenters. The lowest BCUT2D eigenvalue weighted by Gasteiger charge is -2.13. The normalized spacial score (nSPS) is 11.1. The van der Waals surface area contributed by atoms with Crippen molar-refractivity contribution in [2.24, 2.45) is 0 Å². The SMILES string of the molecule is C[NH2+]CCCOc1c(Br)cc(CC[NH+](C)C)cc1Br. The van der Waals surface area contributed by atoms with Crippen molar-refractivity contribution < 1.29 is 15.0 Å². The number of hydrogen-bond donors (Lipinski definition) is 2. The van der Waals surface area contributed by atoms with E-state index < -0.39 is 0 Å². The minimum absolute atomic E-state index is 0.753. The number of benzene rings is 1. The number of hydrogen-bond acceptors (Lipinski definition) is 1. The zero-order valence-corrected chi connectivity index (χ0v) is 15.1. The Morgan fingerprint density at radius 2 is 1.84 bits per heavy atom. The Hall–Kier alpha value is -0.100. The summed E-state index contributed by atoms with van der Waals surface area (Å²) in [6.07, 6.45) is 2.13. The van der Waals surface area contributed by atoms with Crippen molar-refractivity contribution in [3.63, 3.8) is 0 Å². The van der Waals surface area contributed by atoms with Crippen molar-refractivity contribution >= 4 is 31.9 Å². The van der Waals surface area contributed by atoms with E-state index in [4.69, 9.17) is 4.74 Å². The van der Waals surface area contributed by atoms with Crippen LogP contribution in [0.5, 0.6) is 5.75 Å². The molecule has 0 saturated carbocycles. The Morgan fingerprint density at radius 1 is 1.21 bits per heavy atom. The van der Waals surface area contributed by atoms with Gasteiger partial charge in [0, 0.05) is 12.8 Å². The molecule has 0 fully saturated rings. The summed E-state index contributed by atoms with van der Waals surface area (Å²) < 4.78 is 7.90. The lowest BCUT2D eigenvalue weighted by atomic mass is 10.1. The molecule has 0 unspecified atom stereocenters. The van der Waals surface area contributed by atoms with E-state index in [0.717, 1.165) is 47.2 Å². The molecule has 0 aliphatic rings. The minimum atomic E-state index is 0.753. The van der Waals surface area contributed by atoms with Crippen molar-refractivity contribution in [1.29, 1.82) is 0 Å². The van der Waals surface area contributed by atoms with Crippen LogP contribution in [0.3, 0.4) is 0 Å². The van der Waals surface area contributed by atoms with Crippen LogP contribution in [0.15, 0.2) is 21.1 Å². The molecule has 0 radical (unpaired) electrons. The van der Waals surface area contributed by atoms with Gasteiger partial charge in [-0.05, 0) is 49.6 Å². The fourth-order valence-corrected chi connectivity index (χ4v) is 3.26. The van der Waals surface area contributed by atoms with Crippen molar-refractivity contribution in [3.05, 3.63) is 26.6 Å². The van der Waals surface area contributed by atoms with Gasteiger partial charge in [-0.15, -0.1) is 0 Å². The van der Waals surface area contributed by atoms with Crippen LogP contribution in [0.4, 0.5) is 0 Å². The predicted molar refractivity (Wildman–Crippen MR) is 86.1 cm³/mol. The van der Waals surface area contributed by atoms with Crippen LogP contribution in [0.25, 0.3) is 0 Å². The highest BCUT2D eigenvalue weighted by molar-refractivity contribution is 9.11. The standard InChI is InChI=1S/C14H22Br2N2O/c1-17-6-4-8-19-14-12(15)9-11(10-13(14)16)5-7-18(2)3/h9-10,17H,4-8H2,1-3H3/p+2. The molecule has 0 heterocycles. The number of nitrogens with two attached hydrogens (primary N) is 1. The van der Waals surface area contributed by atoms with Gasteiger partial charge in [0.1, 0.15) is 5.75 Å². The summed E-state index contributed by atoms with van der Waals surface area (Å²) in [5.74, 6) is 0.914. The summed E-state index contributed by atoms with van der Waals surface area (Å²) in [6.45, 7) is 2.98. The summed E-state index contributed by atoms with van der Waals surface area (Å²) in [6, 6.07) is 4.32. The first kappa shape index (κ1) is 17.0. The van der Waals surface area contributed by atoms with Crippen molar-refractivity contribution in [1.82, 2.24) is 0 Å². The van der Waals surface area contributed by atoms with E-state index in [9.17, 15) is 0 Å². The van der Waals surface area contributed by atoms with E-state index in [2.05, 4.69) is 70.5 Å². The van der Waals surface area contributed by atoms with Gasteiger partial charge in [0.05, 0.1) is 49.8 Å². The van der Waals surface area contributed by atoms with E-state index in [1.54, 1.807) is 0 Å². The maximum Gasteiger partial charge on any atom is 0.147 e. The van der Waals surface area contributed by atoms with Crippen LogP contribution in [0.2, 0.25) is 0 Å². The molecule has 0 saturated heterocycles. The molecule has 0 bridgehead atoms. The lowest BCUT2D eigenvalue weighted by molar-refractivity contribution is -0.858. The quantitative estimate of drug-likeness (QED) is 0.628. The van der Waals surface area contributed by atoms with Crippen LogP contribution in [-0.4, -0.2) is 40.8 Å². The van der Waals surface area contributed by atoms with Gasteiger partial charge in [-0.25, -0.2) is 0 Å². The zero-order valence-electron chi connectivity index (χ0n) is 11.9. The van der Waals surface area contributed by atoms with E-state index in [-0.39, 0.29) is 0 Å². The highest BCUT2D eigenvalue weighted by Gasteiger charge is 2.10. The summed E-state index contributed by atoms with van der Waals surface area (Å²) in [7, 11) is 6.42. The highest BCUT2D eigenvalue weighted by atomic mass is 79.9. The maximum absolute atomic E-state index is 5.83. The first-order chi connectivity index (χ1) is 9.04. The van der Waals surface area contributed by atoms with Crippen LogP contribution in [0, 0.1) is 0 Å². The Kier molecular flexibility index (Phi) is 7.99. The monoisotopic (exact) mass is 394 g/mol. The number of rotatable bonds is 8. The van der Waals surface area contributed by atoms with E-state index in [1.165, 1.54) is 10.5 Å². The molecule has 1 rings (SSSR count). The third-order valence-corrected chi connectivity index (χ3v) is 4.03. The molecule has 3 N–H and O–H groups in total. The van der Waals surface area contributed by atoms with Gasteiger partial charge >= 0.3 is 0 Å². The third-order valence-electron chi connectivity index (χ3n) is 2.86. The number of nitrogens with one attached hydrogen (secondary N) is 1. The Bertz CT molecular complexity index is 374. The molecule has 1 aromatic carbocycles. The van der Waals surface area contributed by atoms with Crippen molar-refractivity contribution in [3.8, 4) is 5.75 Å². The molecular weight excluding hydrogens is 372 g/mol. The Morgan fingerprint density at radius 3 is 2.37 bits per heavy atom. The second-order valence-corrected chi connectivity index (χ2v) is 6.70. The molecule has 0 aromatic heterocycles. The minimum Gasteiger partial charge on any atom is -0.491 e. The van der Waals surface area contributed by atoms with Crippen molar-refractivity contribution in [2.45, 2.75) is 12.8 Å². The van der Waals surface area contributed by atoms with Gasteiger partial charge in [-0.2, -0.15) is 0 Å². The Balaban J connectivity index is 2.63. The van der Waals surface area contributed by atoms with Crippen LogP contribution in [0.1, 0.15) is 12.0 Å². The van der Waals surface area contributed by atoms with E-state index in [0.29, 0.717) is 0 Å². The van der Waals surface area contributed by atoms with Gasteiger partial charge in [-0.3, -0.25) is 0 Å². The largest absolute Gasteiger partial charge is 0.491 e. The first-order valence-corrected chi connectivity index (χ1v) is 8.30. The van der Waals surface area contributed by atoms with E-state index in [1.807, 2.05) is 0 Å². The predicted octanol–water partition coefficient (Wildman–Crippen LogP) is 0.861.